The Kier molecular flexibility index (Phi) is 5.71. The van der Waals surface area contributed by atoms with Gasteiger partial charge in [-0.25, -0.2) is 14.8 Å². The molecule has 2 rings (SSSR count). The van der Waals surface area contributed by atoms with Gasteiger partial charge in [-0.05, 0) is 26.8 Å². The third kappa shape index (κ3) is 4.42. The Morgan fingerprint density at radius 2 is 2.32 bits per heavy atom. The number of urea groups is 1. The van der Waals surface area contributed by atoms with E-state index in [1.165, 1.54) is 11.3 Å². The van der Waals surface area contributed by atoms with Crippen molar-refractivity contribution in [3.63, 3.8) is 0 Å². The maximum atomic E-state index is 12.0. The number of amides is 2. The second-order valence-electron chi connectivity index (χ2n) is 4.78. The average Bonchev–Trinajstić information content (AvgIpc) is 2.93. The zero-order chi connectivity index (χ0) is 15.9. The van der Waals surface area contributed by atoms with Gasteiger partial charge in [-0.3, -0.25) is 0 Å². The van der Waals surface area contributed by atoms with Gasteiger partial charge in [-0.15, -0.1) is 11.3 Å². The van der Waals surface area contributed by atoms with Crippen molar-refractivity contribution in [2.24, 2.45) is 0 Å². The first-order chi connectivity index (χ1) is 10.6. The Bertz CT molecular complexity index is 630. The Morgan fingerprint density at radius 3 is 3.00 bits per heavy atom. The molecule has 0 saturated heterocycles. The summed E-state index contributed by atoms with van der Waals surface area (Å²) in [5.41, 5.74) is 1.81. The number of carbonyl (C=O) groups is 1. The molecule has 0 aliphatic heterocycles. The highest BCUT2D eigenvalue weighted by molar-refractivity contribution is 7.09. The SMILES string of the molecule is CCOc1ncccc1CNC(=O)NC(C)c1nc(C)cs1. The summed E-state index contributed by atoms with van der Waals surface area (Å²) in [6.45, 7) is 6.64. The Hall–Kier alpha value is -2.15. The van der Waals surface area contributed by atoms with Crippen LogP contribution in [0.4, 0.5) is 4.79 Å². The van der Waals surface area contributed by atoms with Crippen LogP contribution in [0.5, 0.6) is 5.88 Å². The van der Waals surface area contributed by atoms with Crippen LogP contribution in [0.25, 0.3) is 0 Å². The Balaban J connectivity index is 1.88. The summed E-state index contributed by atoms with van der Waals surface area (Å²) in [5, 5.41) is 8.54. The second kappa shape index (κ2) is 7.74. The van der Waals surface area contributed by atoms with Crippen LogP contribution in [0.1, 0.15) is 36.2 Å². The summed E-state index contributed by atoms with van der Waals surface area (Å²) in [6, 6.07) is 3.33. The first-order valence-electron chi connectivity index (χ1n) is 7.13. The van der Waals surface area contributed by atoms with E-state index in [1.54, 1.807) is 6.20 Å². The number of pyridine rings is 1. The number of rotatable bonds is 6. The molecular formula is C15H20N4O2S. The number of carbonyl (C=O) groups excluding carboxylic acids is 1. The van der Waals surface area contributed by atoms with E-state index in [4.69, 9.17) is 4.74 Å². The molecule has 0 aliphatic carbocycles. The van der Waals surface area contributed by atoms with Gasteiger partial charge in [0.1, 0.15) is 5.01 Å². The zero-order valence-corrected chi connectivity index (χ0v) is 13.7. The van der Waals surface area contributed by atoms with Gasteiger partial charge in [0.25, 0.3) is 0 Å². The molecule has 2 heterocycles. The normalized spacial score (nSPS) is 11.8. The molecule has 6 nitrogen and oxygen atoms in total. The molecule has 0 radical (unpaired) electrons. The number of hydrogen-bond acceptors (Lipinski definition) is 5. The smallest absolute Gasteiger partial charge is 0.315 e. The van der Waals surface area contributed by atoms with Crippen LogP contribution in [0.2, 0.25) is 0 Å². The number of aryl methyl sites for hydroxylation is 1. The lowest BCUT2D eigenvalue weighted by molar-refractivity contribution is 0.237. The van der Waals surface area contributed by atoms with Gasteiger partial charge in [0.15, 0.2) is 0 Å². The fourth-order valence-corrected chi connectivity index (χ4v) is 2.69. The van der Waals surface area contributed by atoms with Gasteiger partial charge in [0.2, 0.25) is 5.88 Å². The minimum Gasteiger partial charge on any atom is -0.478 e. The molecule has 2 N–H and O–H groups in total. The number of nitrogens with one attached hydrogen (secondary N) is 2. The van der Waals surface area contributed by atoms with Crippen LogP contribution in [0, 0.1) is 6.92 Å². The topological polar surface area (TPSA) is 76.1 Å². The van der Waals surface area contributed by atoms with E-state index in [1.807, 2.05) is 38.3 Å². The van der Waals surface area contributed by atoms with Gasteiger partial charge >= 0.3 is 6.03 Å². The lowest BCUT2D eigenvalue weighted by Gasteiger charge is -2.13. The van der Waals surface area contributed by atoms with Crippen LogP contribution < -0.4 is 15.4 Å². The summed E-state index contributed by atoms with van der Waals surface area (Å²) in [7, 11) is 0. The van der Waals surface area contributed by atoms with Crippen molar-refractivity contribution < 1.29 is 9.53 Å². The van der Waals surface area contributed by atoms with Crippen molar-refractivity contribution in [1.29, 1.82) is 0 Å². The molecule has 1 unspecified atom stereocenters. The van der Waals surface area contributed by atoms with Gasteiger partial charge in [-0.2, -0.15) is 0 Å². The zero-order valence-electron chi connectivity index (χ0n) is 12.9. The lowest BCUT2D eigenvalue weighted by Crippen LogP contribution is -2.36. The average molecular weight is 320 g/mol. The first kappa shape index (κ1) is 16.2. The summed E-state index contributed by atoms with van der Waals surface area (Å²) in [4.78, 5) is 20.5. The van der Waals surface area contributed by atoms with Crippen molar-refractivity contribution in [2.45, 2.75) is 33.4 Å². The highest BCUT2D eigenvalue weighted by Crippen LogP contribution is 2.17. The van der Waals surface area contributed by atoms with Gasteiger partial charge in [0.05, 0.1) is 12.6 Å². The third-order valence-corrected chi connectivity index (χ3v) is 4.07. The highest BCUT2D eigenvalue weighted by atomic mass is 32.1. The van der Waals surface area contributed by atoms with E-state index < -0.39 is 0 Å². The summed E-state index contributed by atoms with van der Waals surface area (Å²) < 4.78 is 5.43. The second-order valence-corrected chi connectivity index (χ2v) is 5.67. The quantitative estimate of drug-likeness (QED) is 0.858. The molecule has 0 bridgehead atoms. The van der Waals surface area contributed by atoms with Crippen LogP contribution in [-0.4, -0.2) is 22.6 Å². The van der Waals surface area contributed by atoms with Crippen molar-refractivity contribution >= 4 is 17.4 Å². The Morgan fingerprint density at radius 1 is 1.50 bits per heavy atom. The maximum absolute atomic E-state index is 12.0. The van der Waals surface area contributed by atoms with Gasteiger partial charge < -0.3 is 15.4 Å². The fourth-order valence-electron chi connectivity index (χ4n) is 1.88. The molecule has 0 aliphatic rings. The maximum Gasteiger partial charge on any atom is 0.315 e. The molecule has 0 aromatic carbocycles. The van der Waals surface area contributed by atoms with E-state index >= 15 is 0 Å². The summed E-state index contributed by atoms with van der Waals surface area (Å²) in [5.74, 6) is 0.550. The molecule has 0 spiro atoms. The predicted molar refractivity (Wildman–Crippen MR) is 86.0 cm³/mol. The minimum atomic E-state index is -0.244. The standard InChI is InChI=1S/C15H20N4O2S/c1-4-21-13-12(6-5-7-16-13)8-17-15(20)19-11(3)14-18-10(2)9-22-14/h5-7,9,11H,4,8H2,1-3H3,(H2,17,19,20). The van der Waals surface area contributed by atoms with Gasteiger partial charge in [-0.1, -0.05) is 6.07 Å². The van der Waals surface area contributed by atoms with Crippen molar-refractivity contribution in [3.05, 3.63) is 40.0 Å². The van der Waals surface area contributed by atoms with Crippen molar-refractivity contribution in [3.8, 4) is 5.88 Å². The monoisotopic (exact) mass is 320 g/mol. The van der Waals surface area contributed by atoms with Gasteiger partial charge in [0, 0.05) is 29.4 Å². The molecule has 22 heavy (non-hydrogen) atoms. The van der Waals surface area contributed by atoms with Crippen LogP contribution in [-0.2, 0) is 6.54 Å². The van der Waals surface area contributed by atoms with E-state index in [0.29, 0.717) is 19.0 Å². The van der Waals surface area contributed by atoms with Crippen LogP contribution in [0.3, 0.4) is 0 Å². The van der Waals surface area contributed by atoms with E-state index in [0.717, 1.165) is 16.3 Å². The number of ether oxygens (including phenoxy) is 1. The highest BCUT2D eigenvalue weighted by Gasteiger charge is 2.13. The minimum absolute atomic E-state index is 0.126. The third-order valence-electron chi connectivity index (χ3n) is 2.93. The molecule has 2 aromatic heterocycles. The molecule has 0 saturated carbocycles. The number of hydrogen-bond donors (Lipinski definition) is 2. The van der Waals surface area contributed by atoms with Crippen LogP contribution >= 0.6 is 11.3 Å². The molecule has 1 atom stereocenters. The number of nitrogens with zero attached hydrogens (tertiary/aromatic N) is 2. The fraction of sp³-hybridized carbons (Fsp3) is 0.400. The molecule has 7 heteroatoms. The Labute approximate surface area is 133 Å². The van der Waals surface area contributed by atoms with E-state index in [2.05, 4.69) is 20.6 Å². The van der Waals surface area contributed by atoms with Crippen LogP contribution in [0.15, 0.2) is 23.7 Å². The molecule has 2 aromatic rings. The predicted octanol–water partition coefficient (Wildman–Crippen LogP) is 2.81. The van der Waals surface area contributed by atoms with Crippen molar-refractivity contribution in [1.82, 2.24) is 20.6 Å². The lowest BCUT2D eigenvalue weighted by atomic mass is 10.2. The molecule has 118 valence electrons. The largest absolute Gasteiger partial charge is 0.478 e. The first-order valence-corrected chi connectivity index (χ1v) is 8.01. The summed E-state index contributed by atoms with van der Waals surface area (Å²) >= 11 is 1.54. The number of aromatic nitrogens is 2. The summed E-state index contributed by atoms with van der Waals surface area (Å²) in [6.07, 6.45) is 1.67. The van der Waals surface area contributed by atoms with E-state index in [9.17, 15) is 4.79 Å². The number of thiazole rings is 1. The molecule has 2 amide bonds. The molecule has 0 fully saturated rings. The van der Waals surface area contributed by atoms with Crippen molar-refractivity contribution in [2.75, 3.05) is 6.61 Å². The molecular weight excluding hydrogens is 300 g/mol. The van der Waals surface area contributed by atoms with E-state index in [-0.39, 0.29) is 12.1 Å².